The Balaban J connectivity index is 0.00000128. The molecule has 2 heterocycles. The van der Waals surface area contributed by atoms with Crippen LogP contribution in [0.5, 0.6) is 0 Å². The fourth-order valence-corrected chi connectivity index (χ4v) is 3.04. The standard InChI is InChI=1S/C13H26N2.ClH/c1-11-4-7-15(8-12(11)2)10-13(3)5-6-14-9-13;/h11-12,14H,4-10H2,1-3H3;1H. The van der Waals surface area contributed by atoms with Gasteiger partial charge < -0.3 is 10.2 Å². The first-order valence-electron chi connectivity index (χ1n) is 6.52. The largest absolute Gasteiger partial charge is 0.316 e. The molecule has 16 heavy (non-hydrogen) atoms. The number of hydrogen-bond acceptors (Lipinski definition) is 2. The molecule has 0 aliphatic carbocycles. The second-order valence-electron chi connectivity index (χ2n) is 6.22. The van der Waals surface area contributed by atoms with Gasteiger partial charge in [-0.15, -0.1) is 12.4 Å². The van der Waals surface area contributed by atoms with E-state index in [4.69, 9.17) is 0 Å². The molecule has 3 heteroatoms. The Morgan fingerprint density at radius 1 is 1.31 bits per heavy atom. The summed E-state index contributed by atoms with van der Waals surface area (Å²) in [5.74, 6) is 1.81. The summed E-state index contributed by atoms with van der Waals surface area (Å²) in [5.41, 5.74) is 0.542. The molecule has 96 valence electrons. The maximum Gasteiger partial charge on any atom is 0.00481 e. The molecule has 0 spiro atoms. The molecule has 0 amide bonds. The average molecular weight is 247 g/mol. The first-order chi connectivity index (χ1) is 7.09. The van der Waals surface area contributed by atoms with Gasteiger partial charge in [-0.3, -0.25) is 0 Å². The van der Waals surface area contributed by atoms with Crippen molar-refractivity contribution < 1.29 is 0 Å². The van der Waals surface area contributed by atoms with Crippen molar-refractivity contribution in [3.05, 3.63) is 0 Å². The molecule has 2 nitrogen and oxygen atoms in total. The van der Waals surface area contributed by atoms with Crippen LogP contribution in [0.4, 0.5) is 0 Å². The molecule has 0 radical (unpaired) electrons. The maximum absolute atomic E-state index is 3.50. The van der Waals surface area contributed by atoms with Crippen LogP contribution in [0.2, 0.25) is 0 Å². The predicted molar refractivity (Wildman–Crippen MR) is 72.2 cm³/mol. The first kappa shape index (κ1) is 14.3. The van der Waals surface area contributed by atoms with E-state index in [0.29, 0.717) is 5.41 Å². The van der Waals surface area contributed by atoms with E-state index in [9.17, 15) is 0 Å². The van der Waals surface area contributed by atoms with Crippen LogP contribution in [0.15, 0.2) is 0 Å². The summed E-state index contributed by atoms with van der Waals surface area (Å²) in [6.45, 7) is 13.6. The summed E-state index contributed by atoms with van der Waals surface area (Å²) >= 11 is 0. The van der Waals surface area contributed by atoms with Crippen LogP contribution >= 0.6 is 12.4 Å². The van der Waals surface area contributed by atoms with E-state index in [1.807, 2.05) is 0 Å². The lowest BCUT2D eigenvalue weighted by Crippen LogP contribution is -2.44. The van der Waals surface area contributed by atoms with Gasteiger partial charge in [0.15, 0.2) is 0 Å². The quantitative estimate of drug-likeness (QED) is 0.805. The van der Waals surface area contributed by atoms with Gasteiger partial charge in [0.1, 0.15) is 0 Å². The second kappa shape index (κ2) is 5.70. The van der Waals surface area contributed by atoms with Gasteiger partial charge >= 0.3 is 0 Å². The van der Waals surface area contributed by atoms with Crippen molar-refractivity contribution in [2.45, 2.75) is 33.6 Å². The Hall–Kier alpha value is 0.210. The first-order valence-corrected chi connectivity index (χ1v) is 6.52. The van der Waals surface area contributed by atoms with E-state index >= 15 is 0 Å². The molecule has 2 fully saturated rings. The van der Waals surface area contributed by atoms with E-state index in [2.05, 4.69) is 31.0 Å². The van der Waals surface area contributed by atoms with Gasteiger partial charge in [-0.05, 0) is 43.2 Å². The van der Waals surface area contributed by atoms with E-state index in [1.54, 1.807) is 0 Å². The molecule has 2 aliphatic rings. The fraction of sp³-hybridized carbons (Fsp3) is 1.00. The third-order valence-electron chi connectivity index (χ3n) is 4.48. The molecule has 0 aromatic rings. The lowest BCUT2D eigenvalue weighted by Gasteiger charge is -2.39. The van der Waals surface area contributed by atoms with Crippen molar-refractivity contribution in [3.63, 3.8) is 0 Å². The molecule has 2 saturated heterocycles. The number of hydrogen-bond donors (Lipinski definition) is 1. The molecule has 2 rings (SSSR count). The molecule has 0 aromatic heterocycles. The summed E-state index contributed by atoms with van der Waals surface area (Å²) in [6.07, 6.45) is 2.75. The van der Waals surface area contributed by atoms with Gasteiger partial charge in [-0.25, -0.2) is 0 Å². The minimum atomic E-state index is 0. The van der Waals surface area contributed by atoms with Crippen LogP contribution in [0, 0.1) is 17.3 Å². The number of nitrogens with one attached hydrogen (secondary N) is 1. The fourth-order valence-electron chi connectivity index (χ4n) is 3.04. The van der Waals surface area contributed by atoms with Crippen LogP contribution in [-0.2, 0) is 0 Å². The van der Waals surface area contributed by atoms with E-state index in [1.165, 1.54) is 45.6 Å². The SMILES string of the molecule is CC1CCN(CC2(C)CCNC2)CC1C.Cl. The zero-order valence-electron chi connectivity index (χ0n) is 11.0. The number of piperidine rings is 1. The van der Waals surface area contributed by atoms with E-state index in [-0.39, 0.29) is 12.4 Å². The highest BCUT2D eigenvalue weighted by atomic mass is 35.5. The third kappa shape index (κ3) is 3.35. The molecule has 2 aliphatic heterocycles. The number of rotatable bonds is 2. The third-order valence-corrected chi connectivity index (χ3v) is 4.48. The monoisotopic (exact) mass is 246 g/mol. The molecular weight excluding hydrogens is 220 g/mol. The lowest BCUT2D eigenvalue weighted by molar-refractivity contribution is 0.0968. The van der Waals surface area contributed by atoms with Crippen molar-refractivity contribution in [1.29, 1.82) is 0 Å². The smallest absolute Gasteiger partial charge is 0.00481 e. The Morgan fingerprint density at radius 3 is 2.62 bits per heavy atom. The van der Waals surface area contributed by atoms with Crippen molar-refractivity contribution >= 4 is 12.4 Å². The van der Waals surface area contributed by atoms with Gasteiger partial charge in [-0.1, -0.05) is 20.8 Å². The number of nitrogens with zero attached hydrogens (tertiary/aromatic N) is 1. The van der Waals surface area contributed by atoms with Crippen molar-refractivity contribution in [1.82, 2.24) is 10.2 Å². The van der Waals surface area contributed by atoms with Crippen LogP contribution < -0.4 is 5.32 Å². The maximum atomic E-state index is 3.50. The molecule has 3 atom stereocenters. The summed E-state index contributed by atoms with van der Waals surface area (Å²) in [7, 11) is 0. The Labute approximate surface area is 107 Å². The summed E-state index contributed by atoms with van der Waals surface area (Å²) in [5, 5.41) is 3.50. The van der Waals surface area contributed by atoms with Gasteiger partial charge in [-0.2, -0.15) is 0 Å². The van der Waals surface area contributed by atoms with Crippen LogP contribution in [0.25, 0.3) is 0 Å². The minimum absolute atomic E-state index is 0. The van der Waals surface area contributed by atoms with Crippen molar-refractivity contribution in [3.8, 4) is 0 Å². The summed E-state index contributed by atoms with van der Waals surface area (Å²) < 4.78 is 0. The zero-order valence-corrected chi connectivity index (χ0v) is 11.8. The predicted octanol–water partition coefficient (Wildman–Crippen LogP) is 2.39. The highest BCUT2D eigenvalue weighted by Gasteiger charge is 2.32. The van der Waals surface area contributed by atoms with Gasteiger partial charge in [0.2, 0.25) is 0 Å². The van der Waals surface area contributed by atoms with E-state index in [0.717, 1.165) is 11.8 Å². The van der Waals surface area contributed by atoms with Crippen molar-refractivity contribution in [2.75, 3.05) is 32.7 Å². The lowest BCUT2D eigenvalue weighted by atomic mass is 9.85. The normalized spacial score (nSPS) is 40.7. The highest BCUT2D eigenvalue weighted by molar-refractivity contribution is 5.85. The number of halogens is 1. The Kier molecular flexibility index (Phi) is 5.09. The van der Waals surface area contributed by atoms with Crippen LogP contribution in [0.1, 0.15) is 33.6 Å². The molecule has 0 bridgehead atoms. The Morgan fingerprint density at radius 2 is 2.06 bits per heavy atom. The van der Waals surface area contributed by atoms with Gasteiger partial charge in [0, 0.05) is 19.6 Å². The number of likely N-dealkylation sites (tertiary alicyclic amines) is 1. The van der Waals surface area contributed by atoms with Gasteiger partial charge in [0.05, 0.1) is 0 Å². The Bertz CT molecular complexity index is 214. The van der Waals surface area contributed by atoms with Gasteiger partial charge in [0.25, 0.3) is 0 Å². The molecule has 1 N–H and O–H groups in total. The highest BCUT2D eigenvalue weighted by Crippen LogP contribution is 2.29. The average Bonchev–Trinajstić information content (AvgIpc) is 2.59. The molecule has 3 unspecified atom stereocenters. The topological polar surface area (TPSA) is 15.3 Å². The van der Waals surface area contributed by atoms with Crippen LogP contribution in [0.3, 0.4) is 0 Å². The van der Waals surface area contributed by atoms with Crippen molar-refractivity contribution in [2.24, 2.45) is 17.3 Å². The van der Waals surface area contributed by atoms with E-state index < -0.39 is 0 Å². The van der Waals surface area contributed by atoms with Crippen LogP contribution in [-0.4, -0.2) is 37.6 Å². The summed E-state index contributed by atoms with van der Waals surface area (Å²) in [6, 6.07) is 0. The molecular formula is C13H27ClN2. The summed E-state index contributed by atoms with van der Waals surface area (Å²) in [4.78, 5) is 2.69. The molecule has 0 aromatic carbocycles. The second-order valence-corrected chi connectivity index (χ2v) is 6.22. The zero-order chi connectivity index (χ0) is 10.9. The minimum Gasteiger partial charge on any atom is -0.316 e. The molecule has 0 saturated carbocycles.